The number of hydrogen-bond acceptors (Lipinski definition) is 7. The van der Waals surface area contributed by atoms with Crippen LogP contribution in [0.5, 0.6) is 5.88 Å². The number of benzene rings is 2. The van der Waals surface area contributed by atoms with Crippen molar-refractivity contribution in [2.75, 3.05) is 13.2 Å². The van der Waals surface area contributed by atoms with Crippen LogP contribution in [0.15, 0.2) is 72.9 Å². The number of amides is 1. The first-order chi connectivity index (χ1) is 16.2. The van der Waals surface area contributed by atoms with Gasteiger partial charge in [0, 0.05) is 11.6 Å². The highest BCUT2D eigenvalue weighted by Crippen LogP contribution is 2.19. The maximum absolute atomic E-state index is 13.2. The zero-order valence-corrected chi connectivity index (χ0v) is 17.2. The molecule has 0 aliphatic rings. The monoisotopic (exact) mass is 444 g/mol. The molecule has 11 heteroatoms. The average Bonchev–Trinajstić information content (AvgIpc) is 3.50. The van der Waals surface area contributed by atoms with Gasteiger partial charge < -0.3 is 10.1 Å². The maximum Gasteiger partial charge on any atom is 0.273 e. The van der Waals surface area contributed by atoms with E-state index in [9.17, 15) is 9.18 Å². The summed E-state index contributed by atoms with van der Waals surface area (Å²) in [6.45, 7) is 0.425. The van der Waals surface area contributed by atoms with E-state index in [0.29, 0.717) is 22.9 Å². The molecular formula is C22H17FN8O2. The van der Waals surface area contributed by atoms with Gasteiger partial charge in [0.2, 0.25) is 5.88 Å². The third-order valence-electron chi connectivity index (χ3n) is 4.69. The summed E-state index contributed by atoms with van der Waals surface area (Å²) < 4.78 is 20.4. The van der Waals surface area contributed by atoms with Crippen LogP contribution >= 0.6 is 0 Å². The van der Waals surface area contributed by atoms with E-state index in [1.165, 1.54) is 27.6 Å². The van der Waals surface area contributed by atoms with Gasteiger partial charge in [0.1, 0.15) is 12.4 Å². The van der Waals surface area contributed by atoms with E-state index in [-0.39, 0.29) is 30.6 Å². The van der Waals surface area contributed by atoms with E-state index in [1.54, 1.807) is 24.3 Å². The van der Waals surface area contributed by atoms with E-state index in [2.05, 4.69) is 30.8 Å². The predicted molar refractivity (Wildman–Crippen MR) is 115 cm³/mol. The van der Waals surface area contributed by atoms with Gasteiger partial charge in [-0.25, -0.2) is 4.39 Å². The summed E-state index contributed by atoms with van der Waals surface area (Å²) in [5.74, 6) is 0.0935. The highest BCUT2D eigenvalue weighted by molar-refractivity contribution is 5.91. The number of rotatable bonds is 7. The zero-order chi connectivity index (χ0) is 22.6. The molecule has 5 rings (SSSR count). The molecule has 1 N–H and O–H groups in total. The molecule has 0 saturated carbocycles. The van der Waals surface area contributed by atoms with Gasteiger partial charge in [0.05, 0.1) is 18.4 Å². The van der Waals surface area contributed by atoms with Gasteiger partial charge in [0.15, 0.2) is 17.2 Å². The number of fused-ring (bicyclic) bond motifs is 1. The highest BCUT2D eigenvalue weighted by Gasteiger charge is 2.12. The van der Waals surface area contributed by atoms with Gasteiger partial charge in [-0.15, -0.1) is 20.4 Å². The first kappa shape index (κ1) is 20.2. The molecule has 3 aromatic heterocycles. The number of para-hydroxylation sites is 1. The normalized spacial score (nSPS) is 10.9. The minimum Gasteiger partial charge on any atom is -0.475 e. The minimum atomic E-state index is -0.360. The van der Waals surface area contributed by atoms with Gasteiger partial charge in [-0.05, 0) is 42.5 Å². The first-order valence-corrected chi connectivity index (χ1v) is 10.0. The van der Waals surface area contributed by atoms with Crippen LogP contribution in [0.1, 0.15) is 10.5 Å². The van der Waals surface area contributed by atoms with Gasteiger partial charge in [-0.3, -0.25) is 4.79 Å². The molecule has 0 unspecified atom stereocenters. The SMILES string of the molecule is O=C(NCCOc1ccc2nnc(-c3ccc(F)cc3)n2n1)c1cnn(-c2ccccc2)n1. The predicted octanol–water partition coefficient (Wildman–Crippen LogP) is 2.32. The number of carbonyl (C=O) groups is 1. The molecule has 0 radical (unpaired) electrons. The Labute approximate surface area is 186 Å². The number of hydrogen-bond donors (Lipinski definition) is 1. The molecule has 0 atom stereocenters. The van der Waals surface area contributed by atoms with Crippen molar-refractivity contribution in [2.45, 2.75) is 0 Å². The fourth-order valence-corrected chi connectivity index (χ4v) is 3.09. The largest absolute Gasteiger partial charge is 0.475 e. The summed E-state index contributed by atoms with van der Waals surface area (Å²) in [7, 11) is 0. The molecule has 0 aliphatic heterocycles. The number of halogens is 1. The topological polar surface area (TPSA) is 112 Å². The number of nitrogens with one attached hydrogen (secondary N) is 1. The summed E-state index contributed by atoms with van der Waals surface area (Å²) >= 11 is 0. The molecule has 10 nitrogen and oxygen atoms in total. The molecule has 0 saturated heterocycles. The third-order valence-corrected chi connectivity index (χ3v) is 4.69. The first-order valence-electron chi connectivity index (χ1n) is 10.0. The molecule has 0 bridgehead atoms. The lowest BCUT2D eigenvalue weighted by atomic mass is 10.2. The molecule has 3 heterocycles. The minimum absolute atomic E-state index is 0.186. The van der Waals surface area contributed by atoms with Crippen LogP contribution in [-0.2, 0) is 0 Å². The van der Waals surface area contributed by atoms with Crippen molar-refractivity contribution in [3.05, 3.63) is 84.4 Å². The van der Waals surface area contributed by atoms with Crippen LogP contribution in [-0.4, -0.2) is 53.9 Å². The van der Waals surface area contributed by atoms with E-state index in [0.717, 1.165) is 5.69 Å². The fraction of sp³-hybridized carbons (Fsp3) is 0.0909. The van der Waals surface area contributed by atoms with Crippen LogP contribution in [0, 0.1) is 5.82 Å². The number of carbonyl (C=O) groups excluding carboxylic acids is 1. The summed E-state index contributed by atoms with van der Waals surface area (Å²) in [6, 6.07) is 18.6. The maximum atomic E-state index is 13.2. The quantitative estimate of drug-likeness (QED) is 0.384. The number of ether oxygens (including phenoxy) is 1. The molecule has 1 amide bonds. The van der Waals surface area contributed by atoms with Gasteiger partial charge >= 0.3 is 0 Å². The van der Waals surface area contributed by atoms with Gasteiger partial charge in [0.25, 0.3) is 5.91 Å². The van der Waals surface area contributed by atoms with Crippen LogP contribution < -0.4 is 10.1 Å². The molecule has 164 valence electrons. The molecule has 33 heavy (non-hydrogen) atoms. The Morgan fingerprint density at radius 1 is 0.970 bits per heavy atom. The van der Waals surface area contributed by atoms with Crippen LogP contribution in [0.3, 0.4) is 0 Å². The summed E-state index contributed by atoms with van der Waals surface area (Å²) in [4.78, 5) is 13.7. The Morgan fingerprint density at radius 3 is 2.61 bits per heavy atom. The number of nitrogens with zero attached hydrogens (tertiary/aromatic N) is 7. The summed E-state index contributed by atoms with van der Waals surface area (Å²) in [6.07, 6.45) is 1.40. The Kier molecular flexibility index (Phi) is 5.42. The van der Waals surface area contributed by atoms with E-state index < -0.39 is 0 Å². The van der Waals surface area contributed by atoms with Crippen molar-refractivity contribution in [2.24, 2.45) is 0 Å². The average molecular weight is 444 g/mol. The Bertz CT molecular complexity index is 1400. The standard InChI is InChI=1S/C22H17FN8O2/c23-16-8-6-15(7-9-16)21-27-26-19-10-11-20(29-30(19)21)33-13-12-24-22(32)18-14-25-31(28-18)17-4-2-1-3-5-17/h1-11,14H,12-13H2,(H,24,32). The van der Waals surface area contributed by atoms with Crippen LogP contribution in [0.4, 0.5) is 4.39 Å². The van der Waals surface area contributed by atoms with E-state index >= 15 is 0 Å². The van der Waals surface area contributed by atoms with E-state index in [4.69, 9.17) is 4.74 Å². The highest BCUT2D eigenvalue weighted by atomic mass is 19.1. The molecule has 0 fully saturated rings. The summed E-state index contributed by atoms with van der Waals surface area (Å²) in [5, 5.41) is 23.6. The fourth-order valence-electron chi connectivity index (χ4n) is 3.09. The smallest absolute Gasteiger partial charge is 0.273 e. The van der Waals surface area contributed by atoms with Crippen LogP contribution in [0.2, 0.25) is 0 Å². The van der Waals surface area contributed by atoms with Gasteiger partial charge in [-0.1, -0.05) is 18.2 Å². The van der Waals surface area contributed by atoms with Crippen molar-refractivity contribution >= 4 is 11.6 Å². The second-order valence-electron chi connectivity index (χ2n) is 6.93. The second kappa shape index (κ2) is 8.83. The molecule has 0 spiro atoms. The number of aromatic nitrogens is 7. The van der Waals surface area contributed by atoms with Crippen LogP contribution in [0.25, 0.3) is 22.7 Å². The van der Waals surface area contributed by atoms with Crippen molar-refractivity contribution in [1.82, 2.24) is 40.1 Å². The molecule has 2 aromatic carbocycles. The Morgan fingerprint density at radius 2 is 1.79 bits per heavy atom. The molecular weight excluding hydrogens is 427 g/mol. The second-order valence-corrected chi connectivity index (χ2v) is 6.93. The Hall–Kier alpha value is -4.67. The van der Waals surface area contributed by atoms with E-state index in [1.807, 2.05) is 30.3 Å². The van der Waals surface area contributed by atoms with Crippen molar-refractivity contribution < 1.29 is 13.9 Å². The lowest BCUT2D eigenvalue weighted by molar-refractivity contribution is 0.0941. The van der Waals surface area contributed by atoms with Gasteiger partial charge in [-0.2, -0.15) is 14.4 Å². The Balaban J connectivity index is 1.19. The lowest BCUT2D eigenvalue weighted by Crippen LogP contribution is -2.28. The molecule has 0 aliphatic carbocycles. The van der Waals surface area contributed by atoms with Crippen molar-refractivity contribution in [1.29, 1.82) is 0 Å². The third kappa shape index (κ3) is 4.37. The molecule has 5 aromatic rings. The van der Waals surface area contributed by atoms with Crippen molar-refractivity contribution in [3.8, 4) is 23.0 Å². The summed E-state index contributed by atoms with van der Waals surface area (Å²) in [5.41, 5.74) is 2.16. The van der Waals surface area contributed by atoms with Crippen molar-refractivity contribution in [3.63, 3.8) is 0 Å². The zero-order valence-electron chi connectivity index (χ0n) is 17.2. The lowest BCUT2D eigenvalue weighted by Gasteiger charge is -2.07.